The van der Waals surface area contributed by atoms with E-state index in [4.69, 9.17) is 37.9 Å². The molecule has 0 spiro atoms. The molecule has 2 aliphatic rings. The third kappa shape index (κ3) is 10.3. The lowest BCUT2D eigenvalue weighted by Crippen LogP contribution is -2.46. The van der Waals surface area contributed by atoms with E-state index in [-0.39, 0.29) is 58.5 Å². The van der Waals surface area contributed by atoms with Crippen molar-refractivity contribution in [2.45, 2.75) is 30.8 Å². The predicted octanol–water partition coefficient (Wildman–Crippen LogP) is 5.24. The minimum Gasteiger partial charge on any atom is -0.493 e. The van der Waals surface area contributed by atoms with Crippen LogP contribution in [-0.2, 0) is 38.0 Å². The highest BCUT2D eigenvalue weighted by Crippen LogP contribution is 2.41. The first-order valence-electron chi connectivity index (χ1n) is 19.3. The minimum atomic E-state index is -1.31. The van der Waals surface area contributed by atoms with E-state index in [1.165, 1.54) is 126 Å². The summed E-state index contributed by atoms with van der Waals surface area (Å²) >= 11 is 0. The summed E-state index contributed by atoms with van der Waals surface area (Å²) in [5, 5.41) is 19.8. The summed E-state index contributed by atoms with van der Waals surface area (Å²) in [6, 6.07) is 23.6. The molecule has 0 saturated carbocycles. The molecule has 18 nitrogen and oxygen atoms in total. The number of hydrogen-bond donors (Lipinski definition) is 0. The zero-order valence-corrected chi connectivity index (χ0v) is 35.3. The fraction of sp³-hybridized carbons (Fsp3) is 0.234. The lowest BCUT2D eigenvalue weighted by molar-refractivity contribution is -0.155. The number of hydrogen-bond acceptors (Lipinski definition) is 18. The fourth-order valence-electron chi connectivity index (χ4n) is 6.71. The number of nitriles is 2. The molecular weight excluding hydrogens is 849 g/mol. The number of rotatable bonds is 14. The van der Waals surface area contributed by atoms with Crippen molar-refractivity contribution in [3.63, 3.8) is 0 Å². The number of ether oxygens (including phenoxy) is 10. The fourth-order valence-corrected chi connectivity index (χ4v) is 6.71. The van der Waals surface area contributed by atoms with E-state index >= 15 is 0 Å². The van der Waals surface area contributed by atoms with Gasteiger partial charge in [0.1, 0.15) is 35.0 Å². The maximum atomic E-state index is 13.3. The van der Waals surface area contributed by atoms with Crippen molar-refractivity contribution in [1.29, 1.82) is 10.5 Å². The average Bonchev–Trinajstić information content (AvgIpc) is 3.82. The molecule has 0 unspecified atom stereocenters. The maximum absolute atomic E-state index is 13.3. The second-order valence-corrected chi connectivity index (χ2v) is 14.2. The van der Waals surface area contributed by atoms with E-state index in [1.807, 2.05) is 12.1 Å². The highest BCUT2D eigenvalue weighted by molar-refractivity contribution is 5.99. The summed E-state index contributed by atoms with van der Waals surface area (Å²) in [6.07, 6.45) is -0.482. The Bertz CT molecular complexity index is 2680. The monoisotopic (exact) mass is 886 g/mol. The van der Waals surface area contributed by atoms with Crippen LogP contribution >= 0.6 is 0 Å². The molecule has 332 valence electrons. The summed E-state index contributed by atoms with van der Waals surface area (Å²) in [5.74, 6) is -4.31. The Kier molecular flexibility index (Phi) is 14.4. The van der Waals surface area contributed by atoms with Crippen molar-refractivity contribution in [2.75, 3.05) is 41.7 Å². The molecule has 0 aliphatic carbocycles. The molecule has 2 heterocycles. The number of benzene rings is 4. The molecule has 0 aromatic heterocycles. The molecule has 65 heavy (non-hydrogen) atoms. The Morgan fingerprint density at radius 2 is 1.00 bits per heavy atom. The van der Waals surface area contributed by atoms with Crippen LogP contribution in [0.3, 0.4) is 0 Å². The number of nitrogens with zero attached hydrogens (tertiary/aromatic N) is 2. The van der Waals surface area contributed by atoms with Gasteiger partial charge in [-0.3, -0.25) is 0 Å². The molecule has 4 aromatic rings. The van der Waals surface area contributed by atoms with Gasteiger partial charge >= 0.3 is 35.8 Å². The average molecular weight is 887 g/mol. The van der Waals surface area contributed by atoms with Crippen molar-refractivity contribution in [3.8, 4) is 35.1 Å². The second-order valence-electron chi connectivity index (χ2n) is 14.2. The first-order chi connectivity index (χ1) is 31.2. The lowest BCUT2D eigenvalue weighted by Gasteiger charge is -2.28. The van der Waals surface area contributed by atoms with Crippen molar-refractivity contribution < 1.29 is 76.1 Å². The molecule has 2 fully saturated rings. The van der Waals surface area contributed by atoms with Crippen LogP contribution in [0.15, 0.2) is 96.1 Å². The van der Waals surface area contributed by atoms with Crippen LogP contribution in [0, 0.1) is 22.7 Å². The Balaban J connectivity index is 1.07. The Morgan fingerprint density at radius 3 is 1.40 bits per heavy atom. The summed E-state index contributed by atoms with van der Waals surface area (Å²) in [5.41, 5.74) is -0.647. The Morgan fingerprint density at radius 1 is 0.585 bits per heavy atom. The highest BCUT2D eigenvalue weighted by Gasteiger charge is 2.60. The first-order valence-corrected chi connectivity index (χ1v) is 19.3. The highest BCUT2D eigenvalue weighted by atomic mass is 16.7. The van der Waals surface area contributed by atoms with E-state index in [1.54, 1.807) is 6.92 Å². The molecule has 0 radical (unpaired) electrons. The summed E-state index contributed by atoms with van der Waals surface area (Å²) in [6.45, 7) is 1.26. The number of fused-ring (bicyclic) bond motifs is 1. The van der Waals surface area contributed by atoms with Crippen molar-refractivity contribution in [3.05, 3.63) is 129 Å². The van der Waals surface area contributed by atoms with Crippen LogP contribution in [-0.4, -0.2) is 101 Å². The van der Waals surface area contributed by atoms with E-state index < -0.39 is 70.9 Å². The Labute approximate surface area is 370 Å². The smallest absolute Gasteiger partial charge is 0.349 e. The SMILES string of the molecule is COC(=O)c1ccc(C(=O)Oc2ccc(/C=C(\C#N)C(=O)O[C@H]3CO[C@@]4(C)[C@@H]3OC[C@H]4OC(=O)/C(C#N)=C/c3ccc(OC(=O)c4ccc(C(=O)OC)cc4)c(OC)c3)cc2OC)cc1. The lowest BCUT2D eigenvalue weighted by atomic mass is 9.94. The molecule has 4 atom stereocenters. The van der Waals surface area contributed by atoms with Gasteiger partial charge in [-0.15, -0.1) is 0 Å². The molecule has 0 bridgehead atoms. The zero-order chi connectivity index (χ0) is 46.8. The van der Waals surface area contributed by atoms with Gasteiger partial charge in [0.05, 0.1) is 63.9 Å². The third-order valence-corrected chi connectivity index (χ3v) is 10.2. The molecular formula is C47H38N2O16. The van der Waals surface area contributed by atoms with E-state index in [2.05, 4.69) is 9.47 Å². The largest absolute Gasteiger partial charge is 0.493 e. The van der Waals surface area contributed by atoms with Gasteiger partial charge in [-0.2, -0.15) is 10.5 Å². The van der Waals surface area contributed by atoms with Crippen LogP contribution < -0.4 is 18.9 Å². The quantitative estimate of drug-likeness (QED) is 0.0517. The first kappa shape index (κ1) is 46.2. The van der Waals surface area contributed by atoms with E-state index in [9.17, 15) is 39.3 Å². The van der Waals surface area contributed by atoms with Gasteiger partial charge in [0.2, 0.25) is 0 Å². The van der Waals surface area contributed by atoms with Gasteiger partial charge in [0.15, 0.2) is 35.2 Å². The number of carbonyl (C=O) groups is 6. The van der Waals surface area contributed by atoms with Gasteiger partial charge in [0, 0.05) is 0 Å². The summed E-state index contributed by atoms with van der Waals surface area (Å²) < 4.78 is 54.3. The van der Waals surface area contributed by atoms with E-state index in [0.717, 1.165) is 0 Å². The molecule has 0 N–H and O–H groups in total. The van der Waals surface area contributed by atoms with Gasteiger partial charge in [-0.1, -0.05) is 12.1 Å². The van der Waals surface area contributed by atoms with Crippen LogP contribution in [0.4, 0.5) is 0 Å². The summed E-state index contributed by atoms with van der Waals surface area (Å²) in [4.78, 5) is 75.7. The predicted molar refractivity (Wildman–Crippen MR) is 223 cm³/mol. The van der Waals surface area contributed by atoms with Crippen LogP contribution in [0.1, 0.15) is 59.5 Å². The molecule has 4 aromatic carbocycles. The third-order valence-electron chi connectivity index (χ3n) is 10.2. The van der Waals surface area contributed by atoms with Crippen molar-refractivity contribution >= 4 is 48.0 Å². The van der Waals surface area contributed by atoms with Gasteiger partial charge < -0.3 is 47.4 Å². The van der Waals surface area contributed by atoms with Gasteiger partial charge in [0.25, 0.3) is 0 Å². The van der Waals surface area contributed by atoms with Gasteiger partial charge in [-0.05, 0) is 103 Å². The number of esters is 6. The van der Waals surface area contributed by atoms with Crippen LogP contribution in [0.5, 0.6) is 23.0 Å². The molecule has 0 amide bonds. The normalized spacial score (nSPS) is 18.7. The Hall–Kier alpha value is -8.32. The van der Waals surface area contributed by atoms with E-state index in [0.29, 0.717) is 11.1 Å². The number of methoxy groups -OCH3 is 4. The number of carbonyl (C=O) groups excluding carboxylic acids is 6. The molecule has 6 rings (SSSR count). The standard InChI is InChI=1S/C47H38N2O16/c1-47-39(65-46(55)33(23-49)19-27-7-17-35(37(21-27)57-3)63-44(53)31-14-10-29(11-15-31)42(51)59-5)25-60-40(47)38(24-61-47)64-45(54)32(22-48)18-26-6-16-34(36(20-26)56-2)62-43(52)30-12-8-28(9-13-30)41(50)58-4/h6-21,38-40H,24-25H2,1-5H3/b32-18+,33-19+/t38-,39+,40+,47+/m0/s1. The topological polar surface area (TPSA) is 242 Å². The van der Waals surface area contributed by atoms with Crippen LogP contribution in [0.2, 0.25) is 0 Å². The van der Waals surface area contributed by atoms with Gasteiger partial charge in [-0.25, -0.2) is 28.8 Å². The van der Waals surface area contributed by atoms with Crippen molar-refractivity contribution in [2.24, 2.45) is 0 Å². The second kappa shape index (κ2) is 20.2. The molecule has 18 heteroatoms. The van der Waals surface area contributed by atoms with Crippen LogP contribution in [0.25, 0.3) is 12.2 Å². The van der Waals surface area contributed by atoms with Crippen molar-refractivity contribution in [1.82, 2.24) is 0 Å². The summed E-state index contributed by atoms with van der Waals surface area (Å²) in [7, 11) is 5.15. The molecule has 2 aliphatic heterocycles. The minimum absolute atomic E-state index is 0.0407. The molecule has 2 saturated heterocycles. The maximum Gasteiger partial charge on any atom is 0.349 e. The zero-order valence-electron chi connectivity index (χ0n) is 35.3.